The SMILES string of the molecule is COCC(CCCN)NCCN. The highest BCUT2D eigenvalue weighted by Gasteiger charge is 2.05. The maximum atomic E-state index is 5.41. The summed E-state index contributed by atoms with van der Waals surface area (Å²) in [6.07, 6.45) is 2.09. The van der Waals surface area contributed by atoms with Crippen LogP contribution in [-0.2, 0) is 4.74 Å². The Morgan fingerprint density at radius 1 is 1.33 bits per heavy atom. The summed E-state index contributed by atoms with van der Waals surface area (Å²) in [5, 5.41) is 3.30. The minimum Gasteiger partial charge on any atom is -0.383 e. The van der Waals surface area contributed by atoms with Gasteiger partial charge in [-0.1, -0.05) is 0 Å². The Bertz CT molecular complexity index is 82.4. The molecule has 0 aromatic rings. The first-order valence-electron chi connectivity index (χ1n) is 4.47. The molecule has 0 fully saturated rings. The lowest BCUT2D eigenvalue weighted by molar-refractivity contribution is 0.162. The Morgan fingerprint density at radius 3 is 2.58 bits per heavy atom. The van der Waals surface area contributed by atoms with Crippen LogP contribution < -0.4 is 16.8 Å². The summed E-state index contributed by atoms with van der Waals surface area (Å²) in [6.45, 7) is 2.99. The highest BCUT2D eigenvalue weighted by molar-refractivity contribution is 4.66. The Labute approximate surface area is 74.6 Å². The Kier molecular flexibility index (Phi) is 8.81. The zero-order chi connectivity index (χ0) is 9.23. The van der Waals surface area contributed by atoms with Crippen LogP contribution in [0.4, 0.5) is 0 Å². The van der Waals surface area contributed by atoms with Crippen molar-refractivity contribution >= 4 is 0 Å². The van der Waals surface area contributed by atoms with Crippen molar-refractivity contribution in [2.75, 3.05) is 33.4 Å². The first-order valence-corrected chi connectivity index (χ1v) is 4.47. The molecule has 1 unspecified atom stereocenters. The van der Waals surface area contributed by atoms with Crippen LogP contribution in [-0.4, -0.2) is 39.4 Å². The number of hydrogen-bond acceptors (Lipinski definition) is 4. The molecule has 0 aromatic carbocycles. The monoisotopic (exact) mass is 175 g/mol. The largest absolute Gasteiger partial charge is 0.383 e. The number of ether oxygens (including phenoxy) is 1. The third kappa shape index (κ3) is 6.54. The average molecular weight is 175 g/mol. The van der Waals surface area contributed by atoms with Gasteiger partial charge in [0.1, 0.15) is 0 Å². The molecule has 74 valence electrons. The van der Waals surface area contributed by atoms with E-state index in [0.29, 0.717) is 12.6 Å². The van der Waals surface area contributed by atoms with Gasteiger partial charge in [0.05, 0.1) is 6.61 Å². The average Bonchev–Trinajstić information content (AvgIpc) is 2.10. The number of nitrogens with two attached hydrogens (primary N) is 2. The van der Waals surface area contributed by atoms with Crippen LogP contribution in [0.1, 0.15) is 12.8 Å². The molecule has 0 aliphatic rings. The molecule has 0 radical (unpaired) electrons. The fourth-order valence-electron chi connectivity index (χ4n) is 1.10. The summed E-state index contributed by atoms with van der Waals surface area (Å²) >= 11 is 0. The molecule has 0 aliphatic heterocycles. The van der Waals surface area contributed by atoms with Crippen LogP contribution in [0.2, 0.25) is 0 Å². The van der Waals surface area contributed by atoms with Crippen molar-refractivity contribution in [2.24, 2.45) is 11.5 Å². The van der Waals surface area contributed by atoms with E-state index in [1.807, 2.05) is 0 Å². The Hall–Kier alpha value is -0.160. The molecule has 4 heteroatoms. The molecule has 0 saturated carbocycles. The lowest BCUT2D eigenvalue weighted by atomic mass is 10.1. The third-order valence-electron chi connectivity index (χ3n) is 1.70. The molecule has 0 aliphatic carbocycles. The maximum Gasteiger partial charge on any atom is 0.0615 e. The standard InChI is InChI=1S/C8H21N3O/c1-12-7-8(3-2-4-9)11-6-5-10/h8,11H,2-7,9-10H2,1H3. The van der Waals surface area contributed by atoms with Crippen molar-refractivity contribution in [3.8, 4) is 0 Å². The van der Waals surface area contributed by atoms with Gasteiger partial charge < -0.3 is 21.5 Å². The molecular weight excluding hydrogens is 154 g/mol. The molecule has 5 N–H and O–H groups in total. The van der Waals surface area contributed by atoms with Gasteiger partial charge in [-0.05, 0) is 19.4 Å². The normalized spacial score (nSPS) is 13.2. The van der Waals surface area contributed by atoms with Gasteiger partial charge in [0.2, 0.25) is 0 Å². The highest BCUT2D eigenvalue weighted by Crippen LogP contribution is 1.95. The van der Waals surface area contributed by atoms with E-state index < -0.39 is 0 Å². The van der Waals surface area contributed by atoms with Crippen LogP contribution >= 0.6 is 0 Å². The highest BCUT2D eigenvalue weighted by atomic mass is 16.5. The number of hydrogen-bond donors (Lipinski definition) is 3. The van der Waals surface area contributed by atoms with Gasteiger partial charge >= 0.3 is 0 Å². The van der Waals surface area contributed by atoms with Gasteiger partial charge in [0.25, 0.3) is 0 Å². The third-order valence-corrected chi connectivity index (χ3v) is 1.70. The smallest absolute Gasteiger partial charge is 0.0615 e. The van der Waals surface area contributed by atoms with E-state index in [9.17, 15) is 0 Å². The molecule has 12 heavy (non-hydrogen) atoms. The topological polar surface area (TPSA) is 73.3 Å². The number of methoxy groups -OCH3 is 1. The van der Waals surface area contributed by atoms with Crippen molar-refractivity contribution < 1.29 is 4.74 Å². The van der Waals surface area contributed by atoms with E-state index in [-0.39, 0.29) is 0 Å². The summed E-state index contributed by atoms with van der Waals surface area (Å²) in [5.74, 6) is 0. The summed E-state index contributed by atoms with van der Waals surface area (Å²) in [5.41, 5.74) is 10.8. The Morgan fingerprint density at radius 2 is 2.08 bits per heavy atom. The predicted molar refractivity (Wildman–Crippen MR) is 51.0 cm³/mol. The molecular formula is C8H21N3O. The second-order valence-electron chi connectivity index (χ2n) is 2.83. The van der Waals surface area contributed by atoms with E-state index in [1.54, 1.807) is 7.11 Å². The summed E-state index contributed by atoms with van der Waals surface area (Å²) in [6, 6.07) is 0.405. The van der Waals surface area contributed by atoms with Gasteiger partial charge in [0, 0.05) is 26.2 Å². The van der Waals surface area contributed by atoms with Crippen LogP contribution in [0.5, 0.6) is 0 Å². The first kappa shape index (κ1) is 11.8. The molecule has 0 bridgehead atoms. The minimum absolute atomic E-state index is 0.405. The molecule has 4 nitrogen and oxygen atoms in total. The lowest BCUT2D eigenvalue weighted by Crippen LogP contribution is -2.36. The van der Waals surface area contributed by atoms with Crippen molar-refractivity contribution in [3.63, 3.8) is 0 Å². The minimum atomic E-state index is 0.405. The van der Waals surface area contributed by atoms with Crippen LogP contribution in [0.25, 0.3) is 0 Å². The van der Waals surface area contributed by atoms with E-state index in [2.05, 4.69) is 5.32 Å². The van der Waals surface area contributed by atoms with E-state index in [4.69, 9.17) is 16.2 Å². The number of nitrogens with one attached hydrogen (secondary N) is 1. The van der Waals surface area contributed by atoms with Crippen LogP contribution in [0.15, 0.2) is 0 Å². The molecule has 0 heterocycles. The fourth-order valence-corrected chi connectivity index (χ4v) is 1.10. The summed E-state index contributed by atoms with van der Waals surface area (Å²) in [7, 11) is 1.71. The van der Waals surface area contributed by atoms with Gasteiger partial charge in [0.15, 0.2) is 0 Å². The predicted octanol–water partition coefficient (Wildman–Crippen LogP) is -0.711. The lowest BCUT2D eigenvalue weighted by Gasteiger charge is -2.16. The molecule has 0 amide bonds. The van der Waals surface area contributed by atoms with Crippen molar-refractivity contribution in [2.45, 2.75) is 18.9 Å². The molecule has 1 atom stereocenters. The first-order chi connectivity index (χ1) is 5.85. The second kappa shape index (κ2) is 8.93. The summed E-state index contributed by atoms with van der Waals surface area (Å²) in [4.78, 5) is 0. The maximum absolute atomic E-state index is 5.41. The number of rotatable bonds is 8. The van der Waals surface area contributed by atoms with Gasteiger partial charge in [-0.25, -0.2) is 0 Å². The van der Waals surface area contributed by atoms with E-state index >= 15 is 0 Å². The Balaban J connectivity index is 3.40. The van der Waals surface area contributed by atoms with Gasteiger partial charge in [-0.15, -0.1) is 0 Å². The van der Waals surface area contributed by atoms with Crippen molar-refractivity contribution in [1.82, 2.24) is 5.32 Å². The quantitative estimate of drug-likeness (QED) is 0.455. The molecule has 0 rings (SSSR count). The van der Waals surface area contributed by atoms with E-state index in [1.165, 1.54) is 0 Å². The van der Waals surface area contributed by atoms with Crippen molar-refractivity contribution in [3.05, 3.63) is 0 Å². The van der Waals surface area contributed by atoms with Crippen LogP contribution in [0.3, 0.4) is 0 Å². The van der Waals surface area contributed by atoms with Gasteiger partial charge in [-0.2, -0.15) is 0 Å². The van der Waals surface area contributed by atoms with Crippen molar-refractivity contribution in [1.29, 1.82) is 0 Å². The zero-order valence-electron chi connectivity index (χ0n) is 7.88. The van der Waals surface area contributed by atoms with Gasteiger partial charge in [-0.3, -0.25) is 0 Å². The zero-order valence-corrected chi connectivity index (χ0v) is 7.88. The molecule has 0 saturated heterocycles. The van der Waals surface area contributed by atoms with E-state index in [0.717, 1.165) is 32.5 Å². The second-order valence-corrected chi connectivity index (χ2v) is 2.83. The molecule has 0 spiro atoms. The van der Waals surface area contributed by atoms with Crippen LogP contribution in [0, 0.1) is 0 Å². The fraction of sp³-hybridized carbons (Fsp3) is 1.00. The molecule has 0 aromatic heterocycles. The summed E-state index contributed by atoms with van der Waals surface area (Å²) < 4.78 is 5.05.